The Kier molecular flexibility index (Phi) is 7.35. The van der Waals surface area contributed by atoms with E-state index in [1.54, 1.807) is 12.1 Å². The summed E-state index contributed by atoms with van der Waals surface area (Å²) in [6.07, 6.45) is 0. The second-order valence-corrected chi connectivity index (χ2v) is 11.7. The average Bonchev–Trinajstić information content (AvgIpc) is 2.37. The first-order chi connectivity index (χ1) is 9.61. The molecule has 0 aliphatic heterocycles. The van der Waals surface area contributed by atoms with Crippen LogP contribution in [0.2, 0.25) is 0 Å². The molecule has 0 aromatic heterocycles. The molecule has 0 unspecified atom stereocenters. The maximum Gasteiger partial charge on any atom is 0.226 e. The molecule has 0 saturated heterocycles. The van der Waals surface area contributed by atoms with Gasteiger partial charge >= 0.3 is 0 Å². The zero-order valence-corrected chi connectivity index (χ0v) is 18.3. The van der Waals surface area contributed by atoms with Gasteiger partial charge < -0.3 is 0 Å². The largest absolute Gasteiger partial charge is 0.226 e. The van der Waals surface area contributed by atoms with Gasteiger partial charge in [0, 0.05) is 0 Å². The topological polar surface area (TPSA) is 0 Å². The van der Waals surface area contributed by atoms with Crippen molar-refractivity contribution < 1.29 is 0 Å². The first-order valence-corrected chi connectivity index (χ1v) is 9.31. The van der Waals surface area contributed by atoms with Crippen LogP contribution in [-0.2, 0) is 4.33 Å². The Morgan fingerprint density at radius 1 is 0.636 bits per heavy atom. The van der Waals surface area contributed by atoms with Crippen molar-refractivity contribution >= 4 is 128 Å². The SMILES string of the molecule is ClC(Cl)(Cl)C(Cl)(Cl)C(Cl)(Cl)C(Cl)(Cl)C(Cl)(Cl)c1[c]cccc1. The van der Waals surface area contributed by atoms with Gasteiger partial charge in [0.2, 0.25) is 8.13 Å². The predicted octanol–water partition coefficient (Wildman–Crippen LogP) is 8.01. The van der Waals surface area contributed by atoms with Crippen LogP contribution in [0.25, 0.3) is 0 Å². The Hall–Kier alpha value is 2.41. The summed E-state index contributed by atoms with van der Waals surface area (Å²) in [5.74, 6) is 0. The van der Waals surface area contributed by atoms with Gasteiger partial charge in [0.1, 0.15) is 0 Å². The Labute approximate surface area is 183 Å². The number of hydrogen-bond donors (Lipinski definition) is 0. The highest BCUT2D eigenvalue weighted by molar-refractivity contribution is 6.81. The van der Waals surface area contributed by atoms with Crippen LogP contribution in [0.5, 0.6) is 0 Å². The molecular weight excluding hydrogens is 522 g/mol. The summed E-state index contributed by atoms with van der Waals surface area (Å²) in [6, 6.07) is 9.03. The van der Waals surface area contributed by atoms with Gasteiger partial charge in [-0.2, -0.15) is 0 Å². The zero-order chi connectivity index (χ0) is 17.6. The lowest BCUT2D eigenvalue weighted by atomic mass is 10.0. The number of hydrogen-bond acceptors (Lipinski definition) is 0. The van der Waals surface area contributed by atoms with Crippen LogP contribution in [0.3, 0.4) is 0 Å². The number of rotatable bonds is 4. The first kappa shape index (κ1) is 22.5. The molecule has 0 spiro atoms. The third-order valence-corrected chi connectivity index (χ3v) is 9.55. The minimum Gasteiger partial charge on any atom is -0.0946 e. The molecule has 0 aliphatic carbocycles. The standard InChI is InChI=1S/C11H4Cl11/c12-7(13,6-4-2-1-3-5-6)8(14,15)9(16,17)10(18,19)11(20,21)22/h1-4H. The maximum absolute atomic E-state index is 6.25. The highest BCUT2D eigenvalue weighted by atomic mass is 35.6. The monoisotopic (exact) mass is 521 g/mol. The van der Waals surface area contributed by atoms with E-state index in [1.807, 2.05) is 0 Å². The normalized spacial score (nSPS) is 15.0. The van der Waals surface area contributed by atoms with Crippen LogP contribution in [-0.4, -0.2) is 16.8 Å². The van der Waals surface area contributed by atoms with Crippen molar-refractivity contribution in [2.24, 2.45) is 0 Å². The van der Waals surface area contributed by atoms with Crippen molar-refractivity contribution in [3.8, 4) is 0 Å². The summed E-state index contributed by atoms with van der Waals surface area (Å²) in [7, 11) is 0. The van der Waals surface area contributed by atoms with Gasteiger partial charge in [0.25, 0.3) is 0 Å². The van der Waals surface area contributed by atoms with Crippen LogP contribution in [0.1, 0.15) is 5.56 Å². The fourth-order valence-corrected chi connectivity index (χ4v) is 4.29. The van der Waals surface area contributed by atoms with Crippen LogP contribution in [0.4, 0.5) is 0 Å². The molecule has 11 heteroatoms. The molecule has 0 heterocycles. The van der Waals surface area contributed by atoms with E-state index >= 15 is 0 Å². The molecule has 22 heavy (non-hydrogen) atoms. The summed E-state index contributed by atoms with van der Waals surface area (Å²) in [5.41, 5.74) is 0.155. The van der Waals surface area contributed by atoms with E-state index in [2.05, 4.69) is 6.07 Å². The summed E-state index contributed by atoms with van der Waals surface area (Å²) in [6.45, 7) is 0. The lowest BCUT2D eigenvalue weighted by Gasteiger charge is -2.48. The van der Waals surface area contributed by atoms with Gasteiger partial charge in [0.15, 0.2) is 13.0 Å². The number of halogens is 11. The molecule has 0 N–H and O–H groups in total. The van der Waals surface area contributed by atoms with Crippen LogP contribution in [0, 0.1) is 6.07 Å². The third kappa shape index (κ3) is 3.74. The molecule has 1 rings (SSSR count). The van der Waals surface area contributed by atoms with Crippen molar-refractivity contribution in [1.29, 1.82) is 0 Å². The second-order valence-electron chi connectivity index (χ2n) is 4.07. The molecule has 0 fully saturated rings. The maximum atomic E-state index is 6.25. The summed E-state index contributed by atoms with van der Waals surface area (Å²) < 4.78 is -11.8. The van der Waals surface area contributed by atoms with E-state index in [4.69, 9.17) is 128 Å². The quantitative estimate of drug-likeness (QED) is 0.349. The van der Waals surface area contributed by atoms with E-state index in [0.29, 0.717) is 0 Å². The van der Waals surface area contributed by atoms with Crippen molar-refractivity contribution in [2.45, 2.75) is 21.1 Å². The average molecular weight is 526 g/mol. The Bertz CT molecular complexity index is 515. The van der Waals surface area contributed by atoms with E-state index in [9.17, 15) is 0 Å². The van der Waals surface area contributed by atoms with E-state index in [1.165, 1.54) is 12.1 Å². The van der Waals surface area contributed by atoms with Gasteiger partial charge in [-0.3, -0.25) is 0 Å². The number of alkyl halides is 11. The van der Waals surface area contributed by atoms with Crippen LogP contribution >= 0.6 is 128 Å². The van der Waals surface area contributed by atoms with Crippen molar-refractivity contribution in [3.63, 3.8) is 0 Å². The third-order valence-electron chi connectivity index (χ3n) is 2.59. The van der Waals surface area contributed by atoms with Gasteiger partial charge in [-0.25, -0.2) is 0 Å². The smallest absolute Gasteiger partial charge is 0.0946 e. The van der Waals surface area contributed by atoms with Gasteiger partial charge in [-0.05, 0) is 11.6 Å². The zero-order valence-electron chi connectivity index (χ0n) is 9.97. The molecule has 0 aliphatic rings. The summed E-state index contributed by atoms with van der Waals surface area (Å²) >= 11 is 66.3. The molecule has 0 saturated carbocycles. The molecular formula is C11H4Cl11. The first-order valence-electron chi connectivity index (χ1n) is 5.16. The van der Waals surface area contributed by atoms with Crippen molar-refractivity contribution in [1.82, 2.24) is 0 Å². The molecule has 0 atom stereocenters. The van der Waals surface area contributed by atoms with Gasteiger partial charge in [-0.1, -0.05) is 152 Å². The van der Waals surface area contributed by atoms with E-state index in [0.717, 1.165) is 0 Å². The van der Waals surface area contributed by atoms with E-state index < -0.39 is 21.1 Å². The fourth-order valence-electron chi connectivity index (χ4n) is 1.33. The molecule has 1 radical (unpaired) electrons. The lowest BCUT2D eigenvalue weighted by molar-refractivity contribution is 0.540. The van der Waals surface area contributed by atoms with Crippen LogP contribution < -0.4 is 0 Å². The number of benzene rings is 1. The minimum absolute atomic E-state index is 0.155. The Morgan fingerprint density at radius 2 is 1.14 bits per heavy atom. The van der Waals surface area contributed by atoms with Crippen molar-refractivity contribution in [3.05, 3.63) is 35.9 Å². The lowest BCUT2D eigenvalue weighted by Crippen LogP contribution is -2.61. The Morgan fingerprint density at radius 3 is 1.50 bits per heavy atom. The fraction of sp³-hybridized carbons (Fsp3) is 0.455. The Balaban J connectivity index is 3.45. The molecule has 1 aromatic carbocycles. The van der Waals surface area contributed by atoms with Gasteiger partial charge in [0.05, 0.1) is 0 Å². The van der Waals surface area contributed by atoms with E-state index in [-0.39, 0.29) is 5.56 Å². The molecule has 1 aromatic rings. The second kappa shape index (κ2) is 7.20. The van der Waals surface area contributed by atoms with Crippen molar-refractivity contribution in [2.75, 3.05) is 0 Å². The molecule has 125 valence electrons. The highest BCUT2D eigenvalue weighted by Crippen LogP contribution is 2.68. The molecule has 0 bridgehead atoms. The predicted molar refractivity (Wildman–Crippen MR) is 102 cm³/mol. The van der Waals surface area contributed by atoms with Gasteiger partial charge in [-0.15, -0.1) is 0 Å². The minimum atomic E-state index is -2.51. The highest BCUT2D eigenvalue weighted by Gasteiger charge is 2.73. The summed E-state index contributed by atoms with van der Waals surface area (Å²) in [4.78, 5) is 0. The molecule has 0 nitrogen and oxygen atoms in total. The summed E-state index contributed by atoms with van der Waals surface area (Å²) in [5, 5.41) is 0. The molecule has 0 amide bonds. The van der Waals surface area contributed by atoms with Crippen LogP contribution in [0.15, 0.2) is 24.3 Å².